The van der Waals surface area contributed by atoms with Gasteiger partial charge >= 0.3 is 0 Å². The Bertz CT molecular complexity index is 1650. The summed E-state index contributed by atoms with van der Waals surface area (Å²) in [6.07, 6.45) is 4.30. The largest absolute Gasteiger partial charge is 0.378 e. The van der Waals surface area contributed by atoms with Gasteiger partial charge in [0, 0.05) is 55.5 Å². The molecule has 42 heavy (non-hydrogen) atoms. The molecule has 0 bridgehead atoms. The summed E-state index contributed by atoms with van der Waals surface area (Å²) in [6.45, 7) is 6.12. The Morgan fingerprint density at radius 3 is 2.69 bits per heavy atom. The number of hydrogen-bond acceptors (Lipinski definition) is 8. The highest BCUT2D eigenvalue weighted by molar-refractivity contribution is 5.94. The third-order valence-electron chi connectivity index (χ3n) is 7.46. The first-order chi connectivity index (χ1) is 20.6. The number of hydrogen-bond donors (Lipinski definition) is 3. The zero-order valence-electron chi connectivity index (χ0n) is 23.4. The minimum absolute atomic E-state index is 0.0466. The van der Waals surface area contributed by atoms with Crippen LogP contribution in [0.5, 0.6) is 0 Å². The van der Waals surface area contributed by atoms with Crippen molar-refractivity contribution >= 4 is 40.0 Å². The maximum Gasteiger partial charge on any atom is 0.296 e. The molecule has 2 fully saturated rings. The van der Waals surface area contributed by atoms with E-state index < -0.39 is 0 Å². The normalized spacial score (nSPS) is 16.6. The topological polar surface area (TPSA) is 128 Å². The molecule has 5 heterocycles. The minimum atomic E-state index is -0.252. The molecule has 1 aromatic carbocycles. The monoisotopic (exact) mass is 564 g/mol. The van der Waals surface area contributed by atoms with Gasteiger partial charge < -0.3 is 30.2 Å². The predicted octanol–water partition coefficient (Wildman–Crippen LogP) is 2.76. The molecule has 2 saturated heterocycles. The van der Waals surface area contributed by atoms with Gasteiger partial charge in [-0.25, -0.2) is 9.97 Å². The van der Waals surface area contributed by atoms with Crippen LogP contribution in [0.2, 0.25) is 0 Å². The van der Waals surface area contributed by atoms with Gasteiger partial charge in [-0.2, -0.15) is 0 Å². The summed E-state index contributed by atoms with van der Waals surface area (Å²) in [5.74, 6) is 5.66. The highest BCUT2D eigenvalue weighted by atomic mass is 16.5. The number of benzene rings is 1. The van der Waals surface area contributed by atoms with Crippen molar-refractivity contribution in [1.29, 1.82) is 0 Å². The molecule has 2 aliphatic heterocycles. The highest BCUT2D eigenvalue weighted by Crippen LogP contribution is 2.30. The number of aromatic nitrogens is 4. The van der Waals surface area contributed by atoms with E-state index in [9.17, 15) is 9.59 Å². The molecule has 0 spiro atoms. The van der Waals surface area contributed by atoms with Crippen LogP contribution in [0.15, 0.2) is 55.0 Å². The van der Waals surface area contributed by atoms with Gasteiger partial charge in [-0.15, -0.1) is 0 Å². The van der Waals surface area contributed by atoms with Crippen LogP contribution >= 0.6 is 0 Å². The highest BCUT2D eigenvalue weighted by Gasteiger charge is 2.24. The molecule has 0 aliphatic carbocycles. The smallest absolute Gasteiger partial charge is 0.296 e. The van der Waals surface area contributed by atoms with Crippen LogP contribution in [0.1, 0.15) is 19.0 Å². The van der Waals surface area contributed by atoms with E-state index in [1.165, 1.54) is 0 Å². The molecule has 1 unspecified atom stereocenters. The number of rotatable bonds is 7. The van der Waals surface area contributed by atoms with Gasteiger partial charge in [0.1, 0.15) is 17.8 Å². The fraction of sp³-hybridized carbons (Fsp3) is 0.323. The van der Waals surface area contributed by atoms with Crippen molar-refractivity contribution in [2.45, 2.75) is 25.8 Å². The Kier molecular flexibility index (Phi) is 7.96. The maximum atomic E-state index is 12.8. The number of morpholine rings is 1. The fourth-order valence-corrected chi connectivity index (χ4v) is 5.42. The Morgan fingerprint density at radius 1 is 1.05 bits per heavy atom. The summed E-state index contributed by atoms with van der Waals surface area (Å²) in [7, 11) is 0. The Morgan fingerprint density at radius 2 is 1.88 bits per heavy atom. The summed E-state index contributed by atoms with van der Waals surface area (Å²) >= 11 is 0. The van der Waals surface area contributed by atoms with E-state index in [0.717, 1.165) is 59.9 Å². The lowest BCUT2D eigenvalue weighted by Crippen LogP contribution is -2.36. The van der Waals surface area contributed by atoms with Crippen molar-refractivity contribution in [3.63, 3.8) is 0 Å². The first kappa shape index (κ1) is 27.2. The summed E-state index contributed by atoms with van der Waals surface area (Å²) in [5.41, 5.74) is 5.07. The zero-order valence-corrected chi connectivity index (χ0v) is 23.4. The number of H-pyrrole nitrogens is 1. The standard InChI is InChI=1S/C31H32N8O3/c1-2-3-28(40)36-23-9-11-39(19-23)25-8-10-32-24(16-25)17-29(41)35-22-6-4-21(5-7-22)27-18-26-30(37-27)33-20-34-31(26)38-12-14-42-15-13-38/h4-8,10,16,18,20,23H,9,11-15,17,19H2,1H3,(H,35,41)(H,36,40)(H,33,34,37). The van der Waals surface area contributed by atoms with E-state index in [4.69, 9.17) is 4.74 Å². The Labute approximate surface area is 243 Å². The first-order valence-electron chi connectivity index (χ1n) is 14.1. The zero-order chi connectivity index (χ0) is 28.9. The van der Waals surface area contributed by atoms with Crippen molar-refractivity contribution in [2.24, 2.45) is 0 Å². The second-order valence-corrected chi connectivity index (χ2v) is 10.3. The Hall–Kier alpha value is -4.95. The SMILES string of the molecule is CC#CC(=O)NC1CCN(c2ccnc(CC(=O)Nc3ccc(-c4cc5c(N6CCOCC6)ncnc5[nH]4)cc3)c2)C1. The Balaban J connectivity index is 1.07. The number of nitrogens with zero attached hydrogens (tertiary/aromatic N) is 5. The van der Waals surface area contributed by atoms with Crippen LogP contribution in [0.25, 0.3) is 22.3 Å². The van der Waals surface area contributed by atoms with Gasteiger partial charge in [0.2, 0.25) is 5.91 Å². The molecule has 0 saturated carbocycles. The number of nitrogens with one attached hydrogen (secondary N) is 3. The molecule has 3 N–H and O–H groups in total. The summed E-state index contributed by atoms with van der Waals surface area (Å²) in [4.78, 5) is 45.8. The number of carbonyl (C=O) groups is 2. The average Bonchev–Trinajstić information content (AvgIpc) is 3.66. The van der Waals surface area contributed by atoms with E-state index in [-0.39, 0.29) is 24.3 Å². The predicted molar refractivity (Wildman–Crippen MR) is 161 cm³/mol. The van der Waals surface area contributed by atoms with Gasteiger partial charge in [-0.1, -0.05) is 18.1 Å². The molecule has 11 nitrogen and oxygen atoms in total. The van der Waals surface area contributed by atoms with E-state index in [2.05, 4.69) is 58.3 Å². The van der Waals surface area contributed by atoms with Crippen molar-refractivity contribution in [2.75, 3.05) is 54.5 Å². The third-order valence-corrected chi connectivity index (χ3v) is 7.46. The van der Waals surface area contributed by atoms with Crippen LogP contribution in [0, 0.1) is 11.8 Å². The van der Waals surface area contributed by atoms with Crippen LogP contribution in [-0.4, -0.2) is 77.2 Å². The summed E-state index contributed by atoms with van der Waals surface area (Å²) in [5, 5.41) is 6.89. The van der Waals surface area contributed by atoms with E-state index in [0.29, 0.717) is 31.1 Å². The van der Waals surface area contributed by atoms with Crippen molar-refractivity contribution in [3.8, 4) is 23.1 Å². The third kappa shape index (κ3) is 6.19. The molecular formula is C31H32N8O3. The van der Waals surface area contributed by atoms with Crippen LogP contribution < -0.4 is 20.4 Å². The number of pyridine rings is 1. The number of ether oxygens (including phenoxy) is 1. The molecule has 0 radical (unpaired) electrons. The van der Waals surface area contributed by atoms with Gasteiger partial charge in [-0.05, 0) is 55.2 Å². The molecule has 214 valence electrons. The number of amides is 2. The lowest BCUT2D eigenvalue weighted by molar-refractivity contribution is -0.116. The van der Waals surface area contributed by atoms with E-state index in [1.807, 2.05) is 36.4 Å². The molecule has 3 aromatic heterocycles. The first-order valence-corrected chi connectivity index (χ1v) is 14.1. The van der Waals surface area contributed by atoms with E-state index >= 15 is 0 Å². The van der Waals surface area contributed by atoms with Crippen LogP contribution in [0.3, 0.4) is 0 Å². The van der Waals surface area contributed by atoms with Gasteiger partial charge in [-0.3, -0.25) is 14.6 Å². The molecule has 2 aliphatic rings. The van der Waals surface area contributed by atoms with Gasteiger partial charge in [0.15, 0.2) is 0 Å². The van der Waals surface area contributed by atoms with Crippen molar-refractivity contribution in [1.82, 2.24) is 25.3 Å². The second-order valence-electron chi connectivity index (χ2n) is 10.3. The lowest BCUT2D eigenvalue weighted by Gasteiger charge is -2.27. The number of fused-ring (bicyclic) bond motifs is 1. The number of anilines is 3. The summed E-state index contributed by atoms with van der Waals surface area (Å²) < 4.78 is 5.48. The number of carbonyl (C=O) groups excluding carboxylic acids is 2. The van der Waals surface area contributed by atoms with Crippen molar-refractivity contribution in [3.05, 3.63) is 60.7 Å². The van der Waals surface area contributed by atoms with Crippen molar-refractivity contribution < 1.29 is 14.3 Å². The van der Waals surface area contributed by atoms with Crippen LogP contribution in [0.4, 0.5) is 17.2 Å². The van der Waals surface area contributed by atoms with Crippen LogP contribution in [-0.2, 0) is 20.7 Å². The number of aromatic amines is 1. The fourth-order valence-electron chi connectivity index (χ4n) is 5.42. The molecular weight excluding hydrogens is 532 g/mol. The van der Waals surface area contributed by atoms with E-state index in [1.54, 1.807) is 19.4 Å². The quantitative estimate of drug-likeness (QED) is 0.293. The lowest BCUT2D eigenvalue weighted by atomic mass is 10.1. The average molecular weight is 565 g/mol. The molecule has 4 aromatic rings. The molecule has 11 heteroatoms. The maximum absolute atomic E-state index is 12.8. The molecule has 6 rings (SSSR count). The molecule has 2 amide bonds. The van der Waals surface area contributed by atoms with Gasteiger partial charge in [0.05, 0.1) is 30.7 Å². The molecule has 1 atom stereocenters. The minimum Gasteiger partial charge on any atom is -0.378 e. The van der Waals surface area contributed by atoms with Gasteiger partial charge in [0.25, 0.3) is 5.91 Å². The second kappa shape index (κ2) is 12.3. The summed E-state index contributed by atoms with van der Waals surface area (Å²) in [6, 6.07) is 13.7.